The molecule has 9 heteroatoms. The number of hydrogen-bond donors (Lipinski definition) is 4. The number of carbonyl (C=O) groups excluding carboxylic acids is 3. The third-order valence-electron chi connectivity index (χ3n) is 7.15. The summed E-state index contributed by atoms with van der Waals surface area (Å²) < 4.78 is 11.4. The van der Waals surface area contributed by atoms with E-state index in [1.807, 2.05) is 76.2 Å². The van der Waals surface area contributed by atoms with Crippen molar-refractivity contribution >= 4 is 17.7 Å². The molecule has 0 spiro atoms. The summed E-state index contributed by atoms with van der Waals surface area (Å²) in [6.07, 6.45) is 2.39. The van der Waals surface area contributed by atoms with E-state index in [0.29, 0.717) is 32.5 Å². The first-order valence-corrected chi connectivity index (χ1v) is 14.6. The zero-order chi connectivity index (χ0) is 29.8. The van der Waals surface area contributed by atoms with Crippen LogP contribution in [0.4, 0.5) is 0 Å². The van der Waals surface area contributed by atoms with Gasteiger partial charge in [-0.3, -0.25) is 14.4 Å². The average molecular weight is 567 g/mol. The molecule has 0 aromatic heterocycles. The van der Waals surface area contributed by atoms with Crippen molar-refractivity contribution in [3.63, 3.8) is 0 Å². The number of benzene rings is 2. The first kappa shape index (κ1) is 31.9. The first-order valence-electron chi connectivity index (χ1n) is 14.6. The third kappa shape index (κ3) is 10.1. The molecule has 0 unspecified atom stereocenters. The van der Waals surface area contributed by atoms with Crippen LogP contribution in [-0.2, 0) is 27.2 Å². The van der Waals surface area contributed by atoms with E-state index in [9.17, 15) is 14.4 Å². The van der Waals surface area contributed by atoms with Crippen molar-refractivity contribution in [2.24, 2.45) is 11.8 Å². The minimum Gasteiger partial charge on any atom is -0.497 e. The monoisotopic (exact) mass is 566 g/mol. The molecule has 0 aliphatic carbocycles. The zero-order valence-electron chi connectivity index (χ0n) is 25.0. The van der Waals surface area contributed by atoms with Gasteiger partial charge in [-0.05, 0) is 66.8 Å². The Morgan fingerprint density at radius 3 is 2.29 bits per heavy atom. The number of nitrogens with one attached hydrogen (secondary N) is 4. The topological polar surface area (TPSA) is 118 Å². The Balaban J connectivity index is 1.86. The quantitative estimate of drug-likeness (QED) is 0.427. The summed E-state index contributed by atoms with van der Waals surface area (Å²) in [6, 6.07) is 13.3. The Hall–Kier alpha value is -3.59. The van der Waals surface area contributed by atoms with Gasteiger partial charge in [-0.1, -0.05) is 58.0 Å². The number of hydrogen-bond acceptors (Lipinski definition) is 6. The number of amides is 3. The summed E-state index contributed by atoms with van der Waals surface area (Å²) >= 11 is 0. The van der Waals surface area contributed by atoms with E-state index < -0.39 is 18.1 Å². The zero-order valence-corrected chi connectivity index (χ0v) is 25.0. The maximum atomic E-state index is 13.6. The van der Waals surface area contributed by atoms with Crippen LogP contribution < -0.4 is 30.7 Å². The summed E-state index contributed by atoms with van der Waals surface area (Å²) in [5.74, 6) is 0.663. The molecule has 2 aromatic rings. The smallest absolute Gasteiger partial charge is 0.243 e. The first-order chi connectivity index (χ1) is 19.7. The van der Waals surface area contributed by atoms with E-state index in [0.717, 1.165) is 35.5 Å². The lowest BCUT2D eigenvalue weighted by Crippen LogP contribution is -2.58. The standard InChI is InChI=1S/C32H46N4O5/c1-21(2)19-27-30(37)34-16-8-10-24-9-6-7-11-28(24)41-18-17-33-26(20-23-12-14-25(40-5)15-13-23)31(38)36-29(22(3)4)32(39)35-27/h6-7,9,11-15,21-22,26-27,29,33H,8,10,16-20H2,1-5H3,(H,34,37)(H,35,39)(H,36,38)/t26-,27+,29-/m1/s1. The largest absolute Gasteiger partial charge is 0.497 e. The van der Waals surface area contributed by atoms with Gasteiger partial charge in [0.15, 0.2) is 0 Å². The van der Waals surface area contributed by atoms with Crippen LogP contribution >= 0.6 is 0 Å². The number of aryl methyl sites for hydroxylation is 1. The molecule has 0 fully saturated rings. The van der Waals surface area contributed by atoms with Gasteiger partial charge in [0.1, 0.15) is 30.2 Å². The summed E-state index contributed by atoms with van der Waals surface area (Å²) in [7, 11) is 1.61. The second-order valence-corrected chi connectivity index (χ2v) is 11.3. The highest BCUT2D eigenvalue weighted by molar-refractivity contribution is 5.93. The van der Waals surface area contributed by atoms with Gasteiger partial charge >= 0.3 is 0 Å². The lowest BCUT2D eigenvalue weighted by Gasteiger charge is -2.28. The molecule has 224 valence electrons. The molecule has 41 heavy (non-hydrogen) atoms. The molecule has 9 nitrogen and oxygen atoms in total. The van der Waals surface area contributed by atoms with Crippen LogP contribution in [0.25, 0.3) is 0 Å². The van der Waals surface area contributed by atoms with Crippen molar-refractivity contribution in [1.29, 1.82) is 0 Å². The molecule has 0 saturated heterocycles. The highest BCUT2D eigenvalue weighted by Crippen LogP contribution is 2.20. The van der Waals surface area contributed by atoms with Crippen molar-refractivity contribution < 1.29 is 23.9 Å². The van der Waals surface area contributed by atoms with Crippen LogP contribution in [0.15, 0.2) is 48.5 Å². The normalized spacial score (nSPS) is 21.5. The van der Waals surface area contributed by atoms with E-state index in [2.05, 4.69) is 21.3 Å². The number of carbonyl (C=O) groups is 3. The van der Waals surface area contributed by atoms with Crippen LogP contribution in [0.2, 0.25) is 0 Å². The van der Waals surface area contributed by atoms with E-state index in [4.69, 9.17) is 9.47 Å². The van der Waals surface area contributed by atoms with Gasteiger partial charge in [-0.2, -0.15) is 0 Å². The lowest BCUT2D eigenvalue weighted by molar-refractivity contribution is -0.133. The van der Waals surface area contributed by atoms with Gasteiger partial charge < -0.3 is 30.7 Å². The molecule has 1 aliphatic heterocycles. The van der Waals surface area contributed by atoms with Crippen LogP contribution in [0.1, 0.15) is 51.7 Å². The van der Waals surface area contributed by atoms with Crippen molar-refractivity contribution in [3.8, 4) is 11.5 Å². The van der Waals surface area contributed by atoms with E-state index >= 15 is 0 Å². The Bertz CT molecular complexity index is 1140. The molecule has 0 bridgehead atoms. The summed E-state index contributed by atoms with van der Waals surface area (Å²) in [5.41, 5.74) is 2.01. The van der Waals surface area contributed by atoms with E-state index in [-0.39, 0.29) is 29.6 Å². The Kier molecular flexibility index (Phi) is 12.5. The lowest BCUT2D eigenvalue weighted by atomic mass is 9.98. The number of fused-ring (bicyclic) bond motifs is 1. The molecular weight excluding hydrogens is 520 g/mol. The highest BCUT2D eigenvalue weighted by Gasteiger charge is 2.31. The Morgan fingerprint density at radius 1 is 0.878 bits per heavy atom. The SMILES string of the molecule is COc1ccc(C[C@H]2NCCOc3ccccc3CCCNC(=O)[C@H](CC(C)C)NC(=O)[C@@H](C(C)C)NC2=O)cc1. The highest BCUT2D eigenvalue weighted by atomic mass is 16.5. The fourth-order valence-corrected chi connectivity index (χ4v) is 4.87. The molecular formula is C32H46N4O5. The number of ether oxygens (including phenoxy) is 2. The molecule has 1 heterocycles. The van der Waals surface area contributed by atoms with Crippen molar-refractivity contribution in [1.82, 2.24) is 21.3 Å². The predicted octanol–water partition coefficient (Wildman–Crippen LogP) is 3.01. The van der Waals surface area contributed by atoms with Crippen molar-refractivity contribution in [3.05, 3.63) is 59.7 Å². The third-order valence-corrected chi connectivity index (χ3v) is 7.15. The molecule has 2 aromatic carbocycles. The summed E-state index contributed by atoms with van der Waals surface area (Å²) in [6.45, 7) is 9.07. The van der Waals surface area contributed by atoms with Gasteiger partial charge in [-0.25, -0.2) is 0 Å². The molecule has 3 rings (SSSR count). The number of methoxy groups -OCH3 is 1. The molecule has 3 amide bonds. The average Bonchev–Trinajstić information content (AvgIpc) is 2.95. The minimum absolute atomic E-state index is 0.186. The maximum Gasteiger partial charge on any atom is 0.243 e. The van der Waals surface area contributed by atoms with E-state index in [1.165, 1.54) is 0 Å². The summed E-state index contributed by atoms with van der Waals surface area (Å²) in [5, 5.41) is 12.2. The fourth-order valence-electron chi connectivity index (χ4n) is 4.87. The van der Waals surface area contributed by atoms with Crippen molar-refractivity contribution in [2.45, 2.75) is 71.5 Å². The van der Waals surface area contributed by atoms with Gasteiger partial charge in [0.05, 0.1) is 13.2 Å². The van der Waals surface area contributed by atoms with Crippen molar-refractivity contribution in [2.75, 3.05) is 26.8 Å². The van der Waals surface area contributed by atoms with Crippen LogP contribution in [0.5, 0.6) is 11.5 Å². The molecule has 3 atom stereocenters. The molecule has 0 saturated carbocycles. The number of rotatable bonds is 6. The van der Waals surface area contributed by atoms with Gasteiger partial charge in [-0.15, -0.1) is 0 Å². The second-order valence-electron chi connectivity index (χ2n) is 11.3. The summed E-state index contributed by atoms with van der Waals surface area (Å²) in [4.78, 5) is 40.2. The van der Waals surface area contributed by atoms with Crippen LogP contribution in [-0.4, -0.2) is 62.7 Å². The fraction of sp³-hybridized carbons (Fsp3) is 0.531. The molecule has 0 radical (unpaired) electrons. The van der Waals surface area contributed by atoms with Gasteiger partial charge in [0.25, 0.3) is 0 Å². The number of para-hydroxylation sites is 1. The molecule has 4 N–H and O–H groups in total. The van der Waals surface area contributed by atoms with Gasteiger partial charge in [0, 0.05) is 13.1 Å². The van der Waals surface area contributed by atoms with Gasteiger partial charge in [0.2, 0.25) is 17.7 Å². The predicted molar refractivity (Wildman–Crippen MR) is 160 cm³/mol. The Labute approximate surface area is 244 Å². The minimum atomic E-state index is -0.799. The van der Waals surface area contributed by atoms with Crippen LogP contribution in [0, 0.1) is 11.8 Å². The maximum absolute atomic E-state index is 13.6. The van der Waals surface area contributed by atoms with E-state index in [1.54, 1.807) is 7.11 Å². The molecule has 1 aliphatic rings. The van der Waals surface area contributed by atoms with Crippen LogP contribution in [0.3, 0.4) is 0 Å². The Morgan fingerprint density at radius 2 is 1.61 bits per heavy atom. The second kappa shape index (κ2) is 16.0.